The molecule has 0 heterocycles. The van der Waals surface area contributed by atoms with E-state index in [1.54, 1.807) is 24.3 Å². The van der Waals surface area contributed by atoms with Crippen LogP contribution in [0, 0.1) is 0 Å². The average molecular weight is 413 g/mol. The van der Waals surface area contributed by atoms with Crippen LogP contribution in [0.4, 0.5) is 5.69 Å². The third-order valence-corrected chi connectivity index (χ3v) is 4.28. The highest BCUT2D eigenvalue weighted by molar-refractivity contribution is 9.10. The number of carbonyl (C=O) groups excluding carboxylic acids is 2. The Morgan fingerprint density at radius 3 is 2.38 bits per heavy atom. The van der Waals surface area contributed by atoms with Crippen molar-refractivity contribution in [1.82, 2.24) is 0 Å². The van der Waals surface area contributed by atoms with Crippen molar-refractivity contribution in [2.75, 3.05) is 11.9 Å². The molecule has 0 saturated heterocycles. The Labute approximate surface area is 147 Å². The molecule has 3 N–H and O–H groups in total. The lowest BCUT2D eigenvalue weighted by Crippen LogP contribution is -2.21. The molecule has 0 spiro atoms. The van der Waals surface area contributed by atoms with Crippen molar-refractivity contribution in [3.63, 3.8) is 0 Å². The van der Waals surface area contributed by atoms with E-state index in [9.17, 15) is 18.0 Å². The highest BCUT2D eigenvalue weighted by Gasteiger charge is 2.11. The second kappa shape index (κ2) is 7.56. The molecule has 0 aromatic heterocycles. The van der Waals surface area contributed by atoms with Gasteiger partial charge in [-0.3, -0.25) is 4.79 Å². The first kappa shape index (κ1) is 18.1. The quantitative estimate of drug-likeness (QED) is 0.727. The maximum absolute atomic E-state index is 11.8. The van der Waals surface area contributed by atoms with Crippen molar-refractivity contribution >= 4 is 43.5 Å². The Balaban J connectivity index is 1.90. The van der Waals surface area contributed by atoms with E-state index >= 15 is 0 Å². The minimum absolute atomic E-state index is 0.0680. The number of benzene rings is 2. The molecule has 0 fully saturated rings. The summed E-state index contributed by atoms with van der Waals surface area (Å²) in [5, 5.41) is 7.46. The van der Waals surface area contributed by atoms with Gasteiger partial charge >= 0.3 is 5.97 Å². The van der Waals surface area contributed by atoms with Crippen molar-refractivity contribution in [1.29, 1.82) is 0 Å². The van der Waals surface area contributed by atoms with Gasteiger partial charge in [-0.2, -0.15) is 0 Å². The standard InChI is InChI=1S/C15H13BrN2O5S/c16-11-3-1-2-10(8-11)15(20)23-9-14(19)18-12-4-6-13(7-5-12)24(17,21)22/h1-8H,9H2,(H,18,19)(H2,17,21,22). The van der Waals surface area contributed by atoms with E-state index in [0.717, 1.165) is 4.47 Å². The Morgan fingerprint density at radius 1 is 1.12 bits per heavy atom. The number of halogens is 1. The van der Waals surface area contributed by atoms with Gasteiger partial charge in [0.2, 0.25) is 10.0 Å². The third kappa shape index (κ3) is 5.15. The van der Waals surface area contributed by atoms with E-state index in [2.05, 4.69) is 21.2 Å². The van der Waals surface area contributed by atoms with Gasteiger partial charge in [-0.15, -0.1) is 0 Å². The zero-order valence-electron chi connectivity index (χ0n) is 12.2. The molecule has 0 aliphatic heterocycles. The Hall–Kier alpha value is -2.23. The topological polar surface area (TPSA) is 116 Å². The minimum Gasteiger partial charge on any atom is -0.452 e. The first-order chi connectivity index (χ1) is 11.3. The van der Waals surface area contributed by atoms with Crippen molar-refractivity contribution in [3.05, 3.63) is 58.6 Å². The number of hydrogen-bond acceptors (Lipinski definition) is 5. The molecule has 0 radical (unpaired) electrons. The molecule has 126 valence electrons. The molecular formula is C15H13BrN2O5S. The lowest BCUT2D eigenvalue weighted by Gasteiger charge is -2.07. The van der Waals surface area contributed by atoms with E-state index in [-0.39, 0.29) is 4.90 Å². The molecule has 2 aromatic rings. The van der Waals surface area contributed by atoms with E-state index in [0.29, 0.717) is 11.3 Å². The first-order valence-electron chi connectivity index (χ1n) is 6.61. The first-order valence-corrected chi connectivity index (χ1v) is 8.95. The van der Waals surface area contributed by atoms with E-state index in [4.69, 9.17) is 9.88 Å². The number of hydrogen-bond donors (Lipinski definition) is 2. The summed E-state index contributed by atoms with van der Waals surface area (Å²) in [7, 11) is -3.79. The molecule has 2 rings (SSSR count). The molecular weight excluding hydrogens is 400 g/mol. The lowest BCUT2D eigenvalue weighted by molar-refractivity contribution is -0.119. The molecule has 0 atom stereocenters. The number of anilines is 1. The number of primary sulfonamides is 1. The highest BCUT2D eigenvalue weighted by Crippen LogP contribution is 2.14. The molecule has 0 saturated carbocycles. The number of amides is 1. The monoisotopic (exact) mass is 412 g/mol. The maximum Gasteiger partial charge on any atom is 0.338 e. The summed E-state index contributed by atoms with van der Waals surface area (Å²) >= 11 is 3.24. The number of nitrogens with two attached hydrogens (primary N) is 1. The zero-order valence-corrected chi connectivity index (χ0v) is 14.6. The van der Waals surface area contributed by atoms with Crippen LogP contribution in [0.25, 0.3) is 0 Å². The normalized spacial score (nSPS) is 10.9. The van der Waals surface area contributed by atoms with Crippen LogP contribution in [0.1, 0.15) is 10.4 Å². The van der Waals surface area contributed by atoms with Crippen LogP contribution in [0.15, 0.2) is 57.9 Å². The van der Waals surface area contributed by atoms with E-state index < -0.39 is 28.5 Å². The minimum atomic E-state index is -3.79. The summed E-state index contributed by atoms with van der Waals surface area (Å²) < 4.78 is 27.9. The number of sulfonamides is 1. The van der Waals surface area contributed by atoms with Gasteiger partial charge in [-0.1, -0.05) is 22.0 Å². The van der Waals surface area contributed by atoms with E-state index in [1.807, 2.05) is 0 Å². The van der Waals surface area contributed by atoms with Gasteiger partial charge in [0.25, 0.3) is 5.91 Å². The summed E-state index contributed by atoms with van der Waals surface area (Å²) in [4.78, 5) is 23.5. The summed E-state index contributed by atoms with van der Waals surface area (Å²) in [6.45, 7) is -0.470. The summed E-state index contributed by atoms with van der Waals surface area (Å²) in [5.74, 6) is -1.18. The van der Waals surface area contributed by atoms with Crippen LogP contribution >= 0.6 is 15.9 Å². The van der Waals surface area contributed by atoms with Gasteiger partial charge in [0.15, 0.2) is 6.61 Å². The van der Waals surface area contributed by atoms with Crippen molar-refractivity contribution in [3.8, 4) is 0 Å². The predicted molar refractivity (Wildman–Crippen MR) is 90.9 cm³/mol. The summed E-state index contributed by atoms with van der Waals surface area (Å²) in [6, 6.07) is 11.9. The van der Waals surface area contributed by atoms with Crippen LogP contribution in [0.5, 0.6) is 0 Å². The average Bonchev–Trinajstić information content (AvgIpc) is 2.52. The smallest absolute Gasteiger partial charge is 0.338 e. The summed E-state index contributed by atoms with van der Waals surface area (Å²) in [6.07, 6.45) is 0. The summed E-state index contributed by atoms with van der Waals surface area (Å²) in [5.41, 5.74) is 0.667. The largest absolute Gasteiger partial charge is 0.452 e. The van der Waals surface area contributed by atoms with Crippen molar-refractivity contribution < 1.29 is 22.7 Å². The number of ether oxygens (including phenoxy) is 1. The third-order valence-electron chi connectivity index (χ3n) is 2.86. The molecule has 0 aliphatic carbocycles. The zero-order chi connectivity index (χ0) is 17.7. The fraction of sp³-hybridized carbons (Fsp3) is 0.0667. The van der Waals surface area contributed by atoms with E-state index in [1.165, 1.54) is 24.3 Å². The number of carbonyl (C=O) groups is 2. The second-order valence-electron chi connectivity index (χ2n) is 4.70. The number of rotatable bonds is 5. The van der Waals surface area contributed by atoms with Crippen LogP contribution in [0.3, 0.4) is 0 Å². The van der Waals surface area contributed by atoms with Crippen LogP contribution in [-0.2, 0) is 19.6 Å². The number of nitrogens with one attached hydrogen (secondary N) is 1. The highest BCUT2D eigenvalue weighted by atomic mass is 79.9. The van der Waals surface area contributed by atoms with Gasteiger partial charge in [0.1, 0.15) is 0 Å². The predicted octanol–water partition coefficient (Wildman–Crippen LogP) is 1.89. The molecule has 0 unspecified atom stereocenters. The van der Waals surface area contributed by atoms with Crippen molar-refractivity contribution in [2.45, 2.75) is 4.90 Å². The van der Waals surface area contributed by atoms with Crippen LogP contribution in [-0.4, -0.2) is 26.9 Å². The maximum atomic E-state index is 11.8. The Bertz CT molecular complexity index is 866. The Kier molecular flexibility index (Phi) is 5.71. The van der Waals surface area contributed by atoms with Gasteiger partial charge < -0.3 is 10.1 Å². The van der Waals surface area contributed by atoms with Gasteiger partial charge in [0, 0.05) is 10.2 Å². The molecule has 0 bridgehead atoms. The van der Waals surface area contributed by atoms with Gasteiger partial charge in [0.05, 0.1) is 10.5 Å². The van der Waals surface area contributed by atoms with Gasteiger partial charge in [-0.25, -0.2) is 18.4 Å². The molecule has 24 heavy (non-hydrogen) atoms. The molecule has 2 aromatic carbocycles. The molecule has 9 heteroatoms. The Morgan fingerprint density at radius 2 is 1.79 bits per heavy atom. The fourth-order valence-corrected chi connectivity index (χ4v) is 2.67. The number of esters is 1. The van der Waals surface area contributed by atoms with Crippen LogP contribution < -0.4 is 10.5 Å². The second-order valence-corrected chi connectivity index (χ2v) is 7.18. The molecule has 0 aliphatic rings. The fourth-order valence-electron chi connectivity index (χ4n) is 1.75. The van der Waals surface area contributed by atoms with Crippen LogP contribution in [0.2, 0.25) is 0 Å². The lowest BCUT2D eigenvalue weighted by atomic mass is 10.2. The molecule has 7 nitrogen and oxygen atoms in total. The SMILES string of the molecule is NS(=O)(=O)c1ccc(NC(=O)COC(=O)c2cccc(Br)c2)cc1. The molecule has 1 amide bonds. The van der Waals surface area contributed by atoms with Gasteiger partial charge in [-0.05, 0) is 42.5 Å². The van der Waals surface area contributed by atoms with Crippen molar-refractivity contribution in [2.24, 2.45) is 5.14 Å².